The van der Waals surface area contributed by atoms with E-state index in [1.54, 1.807) is 6.20 Å². The minimum absolute atomic E-state index is 0.213. The van der Waals surface area contributed by atoms with Gasteiger partial charge in [0.1, 0.15) is 6.10 Å². The number of hydrogen-bond donors (Lipinski definition) is 0. The van der Waals surface area contributed by atoms with Crippen LogP contribution in [0.25, 0.3) is 11.4 Å². The van der Waals surface area contributed by atoms with Gasteiger partial charge in [-0.3, -0.25) is 4.90 Å². The molecule has 2 atom stereocenters. The zero-order valence-corrected chi connectivity index (χ0v) is 16.1. The normalized spacial score (nSPS) is 24.8. The molecule has 0 radical (unpaired) electrons. The lowest BCUT2D eigenvalue weighted by atomic mass is 9.98. The van der Waals surface area contributed by atoms with Crippen LogP contribution < -0.4 is 4.74 Å². The minimum atomic E-state index is 0.213. The van der Waals surface area contributed by atoms with E-state index < -0.39 is 0 Å². The molecule has 7 nitrogen and oxygen atoms in total. The summed E-state index contributed by atoms with van der Waals surface area (Å²) >= 11 is 0. The highest BCUT2D eigenvalue weighted by molar-refractivity contribution is 5.60. The highest BCUT2D eigenvalue weighted by atomic mass is 16.5. The summed E-state index contributed by atoms with van der Waals surface area (Å²) in [4.78, 5) is 11.3. The highest BCUT2D eigenvalue weighted by Gasteiger charge is 2.25. The third-order valence-electron chi connectivity index (χ3n) is 5.16. The van der Waals surface area contributed by atoms with Crippen LogP contribution in [-0.4, -0.2) is 51.4 Å². The van der Waals surface area contributed by atoms with Gasteiger partial charge in [0, 0.05) is 19.3 Å². The Kier molecular flexibility index (Phi) is 5.69. The van der Waals surface area contributed by atoms with Crippen molar-refractivity contribution in [2.45, 2.75) is 70.8 Å². The monoisotopic (exact) mass is 372 g/mol. The van der Waals surface area contributed by atoms with Crippen molar-refractivity contribution in [3.8, 4) is 17.3 Å². The maximum atomic E-state index is 6.17. The van der Waals surface area contributed by atoms with Crippen LogP contribution in [0.15, 0.2) is 22.9 Å². The third-order valence-corrected chi connectivity index (χ3v) is 5.16. The Morgan fingerprint density at radius 1 is 1.15 bits per heavy atom. The molecule has 27 heavy (non-hydrogen) atoms. The molecule has 4 rings (SSSR count). The Labute approximate surface area is 160 Å². The van der Waals surface area contributed by atoms with Crippen LogP contribution in [0.2, 0.25) is 0 Å². The van der Waals surface area contributed by atoms with E-state index in [1.807, 2.05) is 12.1 Å². The van der Waals surface area contributed by atoms with E-state index >= 15 is 0 Å². The van der Waals surface area contributed by atoms with E-state index in [9.17, 15) is 0 Å². The Morgan fingerprint density at radius 2 is 1.93 bits per heavy atom. The maximum Gasteiger partial charge on any atom is 0.241 e. The second-order valence-corrected chi connectivity index (χ2v) is 7.70. The van der Waals surface area contributed by atoms with E-state index in [1.165, 1.54) is 19.3 Å². The third kappa shape index (κ3) is 4.65. The molecule has 1 aliphatic carbocycles. The van der Waals surface area contributed by atoms with Crippen LogP contribution in [0, 0.1) is 0 Å². The summed E-state index contributed by atoms with van der Waals surface area (Å²) < 4.78 is 17.5. The molecule has 1 saturated heterocycles. The van der Waals surface area contributed by atoms with Gasteiger partial charge in [0.2, 0.25) is 17.6 Å². The molecule has 2 aromatic rings. The summed E-state index contributed by atoms with van der Waals surface area (Å²) in [6, 6.07) is 3.82. The summed E-state index contributed by atoms with van der Waals surface area (Å²) in [7, 11) is 0. The molecule has 0 aromatic carbocycles. The Balaban J connectivity index is 1.46. The van der Waals surface area contributed by atoms with E-state index in [4.69, 9.17) is 14.0 Å². The number of aromatic nitrogens is 3. The van der Waals surface area contributed by atoms with Gasteiger partial charge in [0.25, 0.3) is 0 Å². The van der Waals surface area contributed by atoms with E-state index in [0.29, 0.717) is 24.1 Å². The second kappa shape index (κ2) is 8.35. The molecule has 146 valence electrons. The molecule has 2 aliphatic rings. The van der Waals surface area contributed by atoms with Crippen LogP contribution in [0.4, 0.5) is 0 Å². The van der Waals surface area contributed by atoms with Gasteiger partial charge in [0.15, 0.2) is 0 Å². The first-order valence-corrected chi connectivity index (χ1v) is 10.00. The van der Waals surface area contributed by atoms with Crippen molar-refractivity contribution < 1.29 is 14.0 Å². The van der Waals surface area contributed by atoms with Crippen LogP contribution in [-0.2, 0) is 11.3 Å². The molecule has 2 fully saturated rings. The van der Waals surface area contributed by atoms with Crippen molar-refractivity contribution in [2.24, 2.45) is 0 Å². The number of hydrogen-bond acceptors (Lipinski definition) is 7. The van der Waals surface area contributed by atoms with Gasteiger partial charge in [0.05, 0.1) is 24.3 Å². The molecular formula is C20H28N4O3. The quantitative estimate of drug-likeness (QED) is 0.796. The minimum Gasteiger partial charge on any atom is -0.474 e. The zero-order valence-electron chi connectivity index (χ0n) is 16.1. The van der Waals surface area contributed by atoms with E-state index in [2.05, 4.69) is 33.9 Å². The summed E-state index contributed by atoms with van der Waals surface area (Å²) in [6.07, 6.45) is 8.30. The number of ether oxygens (including phenoxy) is 2. The predicted molar refractivity (Wildman–Crippen MR) is 100 cm³/mol. The van der Waals surface area contributed by atoms with Crippen molar-refractivity contribution in [3.05, 3.63) is 24.2 Å². The van der Waals surface area contributed by atoms with Crippen molar-refractivity contribution >= 4 is 0 Å². The van der Waals surface area contributed by atoms with Gasteiger partial charge >= 0.3 is 0 Å². The summed E-state index contributed by atoms with van der Waals surface area (Å²) in [5, 5.41) is 4.18. The Hall–Kier alpha value is -1.99. The van der Waals surface area contributed by atoms with Gasteiger partial charge in [-0.2, -0.15) is 4.98 Å². The molecule has 2 unspecified atom stereocenters. The first kappa shape index (κ1) is 18.4. The SMILES string of the molecule is CC1CN(Cc2nc(-c3cccnc3OC3CCCCC3)no2)CC(C)O1. The molecular weight excluding hydrogens is 344 g/mol. The number of pyridine rings is 1. The summed E-state index contributed by atoms with van der Waals surface area (Å²) in [5.41, 5.74) is 0.793. The lowest BCUT2D eigenvalue weighted by molar-refractivity contribution is -0.0725. The standard InChI is InChI=1S/C20H28N4O3/c1-14-11-24(12-15(2)25-14)13-18-22-19(23-27-18)17-9-6-10-21-20(17)26-16-7-4-3-5-8-16/h6,9-10,14-16H,3-5,7-8,11-13H2,1-2H3. The fraction of sp³-hybridized carbons (Fsp3) is 0.650. The topological polar surface area (TPSA) is 73.5 Å². The summed E-state index contributed by atoms with van der Waals surface area (Å²) in [6.45, 7) is 6.54. The molecule has 0 spiro atoms. The van der Waals surface area contributed by atoms with Crippen LogP contribution in [0.3, 0.4) is 0 Å². The van der Waals surface area contributed by atoms with Gasteiger partial charge in [-0.15, -0.1) is 0 Å². The van der Waals surface area contributed by atoms with Gasteiger partial charge in [-0.05, 0) is 51.7 Å². The number of rotatable bonds is 5. The largest absolute Gasteiger partial charge is 0.474 e. The molecule has 2 aromatic heterocycles. The summed E-state index contributed by atoms with van der Waals surface area (Å²) in [5.74, 6) is 1.75. The van der Waals surface area contributed by atoms with Gasteiger partial charge in [-0.1, -0.05) is 11.6 Å². The predicted octanol–water partition coefficient (Wildman–Crippen LogP) is 3.45. The molecule has 0 amide bonds. The van der Waals surface area contributed by atoms with Crippen LogP contribution in [0.1, 0.15) is 51.8 Å². The van der Waals surface area contributed by atoms with E-state index in [0.717, 1.165) is 31.5 Å². The fourth-order valence-electron chi connectivity index (χ4n) is 4.03. The van der Waals surface area contributed by atoms with Crippen molar-refractivity contribution in [2.75, 3.05) is 13.1 Å². The molecule has 0 bridgehead atoms. The highest BCUT2D eigenvalue weighted by Crippen LogP contribution is 2.29. The molecule has 1 aliphatic heterocycles. The zero-order chi connectivity index (χ0) is 18.6. The number of nitrogens with zero attached hydrogens (tertiary/aromatic N) is 4. The Morgan fingerprint density at radius 3 is 2.70 bits per heavy atom. The fourth-order valence-corrected chi connectivity index (χ4v) is 4.03. The van der Waals surface area contributed by atoms with Gasteiger partial charge in [-0.25, -0.2) is 4.98 Å². The average Bonchev–Trinajstić information content (AvgIpc) is 3.10. The lowest BCUT2D eigenvalue weighted by Gasteiger charge is -2.34. The van der Waals surface area contributed by atoms with Crippen molar-refractivity contribution in [1.29, 1.82) is 0 Å². The first-order chi connectivity index (χ1) is 13.2. The lowest BCUT2D eigenvalue weighted by Crippen LogP contribution is -2.44. The average molecular weight is 372 g/mol. The van der Waals surface area contributed by atoms with Crippen molar-refractivity contribution in [3.63, 3.8) is 0 Å². The van der Waals surface area contributed by atoms with Crippen molar-refractivity contribution in [1.82, 2.24) is 20.0 Å². The molecule has 3 heterocycles. The maximum absolute atomic E-state index is 6.17. The van der Waals surface area contributed by atoms with Gasteiger partial charge < -0.3 is 14.0 Å². The smallest absolute Gasteiger partial charge is 0.241 e. The van der Waals surface area contributed by atoms with Crippen LogP contribution >= 0.6 is 0 Å². The molecule has 1 saturated carbocycles. The first-order valence-electron chi connectivity index (χ1n) is 10.00. The second-order valence-electron chi connectivity index (χ2n) is 7.70. The van der Waals surface area contributed by atoms with Crippen LogP contribution in [0.5, 0.6) is 5.88 Å². The number of morpholine rings is 1. The molecule has 7 heteroatoms. The molecule has 0 N–H and O–H groups in total. The Bertz CT molecular complexity index is 734. The van der Waals surface area contributed by atoms with E-state index in [-0.39, 0.29) is 18.3 Å².